The van der Waals surface area contributed by atoms with Gasteiger partial charge in [0.15, 0.2) is 15.8 Å². The van der Waals surface area contributed by atoms with Crippen molar-refractivity contribution in [2.24, 2.45) is 10.7 Å². The van der Waals surface area contributed by atoms with Crippen molar-refractivity contribution in [3.8, 4) is 0 Å². The summed E-state index contributed by atoms with van der Waals surface area (Å²) in [6, 6.07) is 6.16. The molecule has 0 bridgehead atoms. The summed E-state index contributed by atoms with van der Waals surface area (Å²) in [5.74, 6) is 0.260. The largest absolute Gasteiger partial charge is 0.370 e. The van der Waals surface area contributed by atoms with Crippen LogP contribution in [0.4, 0.5) is 5.69 Å². The summed E-state index contributed by atoms with van der Waals surface area (Å²) < 4.78 is 22.4. The molecular formula is C16H25N3O2S. The Bertz CT molecular complexity index is 679. The summed E-state index contributed by atoms with van der Waals surface area (Å²) in [7, 11) is -3.18. The van der Waals surface area contributed by atoms with E-state index in [0.29, 0.717) is 0 Å². The van der Waals surface area contributed by atoms with Gasteiger partial charge in [0, 0.05) is 11.9 Å². The minimum atomic E-state index is -3.18. The predicted octanol–water partition coefficient (Wildman–Crippen LogP) is 2.12. The van der Waals surface area contributed by atoms with E-state index in [0.717, 1.165) is 18.5 Å². The standard InChI is InChI=1S/C16H25N3O2S/c1-16(2,22(3,20)21)11-18-15(17)19-14-10-6-8-12-7-4-5-9-13(12)14/h6,8,10H,4-5,7,9,11H2,1-3H3,(H3,17,18,19). The highest BCUT2D eigenvalue weighted by atomic mass is 32.2. The molecule has 1 aliphatic rings. The fourth-order valence-corrected chi connectivity index (χ4v) is 2.77. The summed E-state index contributed by atoms with van der Waals surface area (Å²) >= 11 is 0. The third-order valence-electron chi connectivity index (χ3n) is 4.29. The first kappa shape index (κ1) is 16.8. The number of nitrogens with zero attached hydrogens (tertiary/aromatic N) is 1. The van der Waals surface area contributed by atoms with Crippen LogP contribution in [0.1, 0.15) is 37.8 Å². The maximum absolute atomic E-state index is 11.7. The highest BCUT2D eigenvalue weighted by Gasteiger charge is 2.29. The van der Waals surface area contributed by atoms with Gasteiger partial charge in [-0.1, -0.05) is 12.1 Å². The molecule has 0 fully saturated rings. The van der Waals surface area contributed by atoms with Gasteiger partial charge in [0.25, 0.3) is 0 Å². The van der Waals surface area contributed by atoms with Crippen LogP contribution in [0.25, 0.3) is 0 Å². The average molecular weight is 323 g/mol. The number of anilines is 1. The van der Waals surface area contributed by atoms with Crippen molar-refractivity contribution in [2.75, 3.05) is 18.1 Å². The minimum Gasteiger partial charge on any atom is -0.370 e. The molecule has 1 aliphatic carbocycles. The molecule has 0 aromatic heterocycles. The smallest absolute Gasteiger partial charge is 0.193 e. The van der Waals surface area contributed by atoms with Crippen LogP contribution in [-0.4, -0.2) is 31.9 Å². The van der Waals surface area contributed by atoms with E-state index in [-0.39, 0.29) is 12.5 Å². The Hall–Kier alpha value is -1.56. The van der Waals surface area contributed by atoms with E-state index in [4.69, 9.17) is 5.73 Å². The molecule has 0 aliphatic heterocycles. The molecule has 0 saturated carbocycles. The lowest BCUT2D eigenvalue weighted by Crippen LogP contribution is -2.36. The number of nitrogens with one attached hydrogen (secondary N) is 1. The van der Waals surface area contributed by atoms with E-state index in [1.54, 1.807) is 13.8 Å². The van der Waals surface area contributed by atoms with E-state index in [1.165, 1.54) is 30.2 Å². The van der Waals surface area contributed by atoms with E-state index in [1.807, 2.05) is 12.1 Å². The molecule has 6 heteroatoms. The van der Waals surface area contributed by atoms with Gasteiger partial charge < -0.3 is 11.1 Å². The summed E-state index contributed by atoms with van der Waals surface area (Å²) in [5.41, 5.74) is 9.58. The van der Waals surface area contributed by atoms with Gasteiger partial charge in [0.2, 0.25) is 0 Å². The summed E-state index contributed by atoms with van der Waals surface area (Å²) in [4.78, 5) is 4.21. The van der Waals surface area contributed by atoms with Gasteiger partial charge >= 0.3 is 0 Å². The van der Waals surface area contributed by atoms with Crippen LogP contribution in [0.2, 0.25) is 0 Å². The number of sulfone groups is 1. The second-order valence-electron chi connectivity index (χ2n) is 6.51. The third-order valence-corrected chi connectivity index (χ3v) is 6.43. The number of guanidine groups is 1. The van der Waals surface area contributed by atoms with Gasteiger partial charge in [-0.3, -0.25) is 4.99 Å². The zero-order chi connectivity index (χ0) is 16.4. The number of nitrogens with two attached hydrogens (primary N) is 1. The van der Waals surface area contributed by atoms with Crippen molar-refractivity contribution in [2.45, 2.75) is 44.3 Å². The fourth-order valence-electron chi connectivity index (χ4n) is 2.47. The molecule has 122 valence electrons. The van der Waals surface area contributed by atoms with Crippen LogP contribution in [0.15, 0.2) is 23.2 Å². The first-order valence-electron chi connectivity index (χ1n) is 7.58. The van der Waals surface area contributed by atoms with Crippen LogP contribution >= 0.6 is 0 Å². The van der Waals surface area contributed by atoms with Gasteiger partial charge in [-0.15, -0.1) is 0 Å². The lowest BCUT2D eigenvalue weighted by Gasteiger charge is -2.21. The predicted molar refractivity (Wildman–Crippen MR) is 92.1 cm³/mol. The third kappa shape index (κ3) is 3.80. The Kier molecular flexibility index (Phi) is 4.80. The van der Waals surface area contributed by atoms with Gasteiger partial charge in [-0.05, 0) is 56.7 Å². The molecule has 0 amide bonds. The summed E-state index contributed by atoms with van der Waals surface area (Å²) in [6.07, 6.45) is 5.77. The average Bonchev–Trinajstić information content (AvgIpc) is 2.44. The molecule has 1 aromatic carbocycles. The summed E-state index contributed by atoms with van der Waals surface area (Å²) in [6.45, 7) is 3.45. The Morgan fingerprint density at radius 3 is 2.68 bits per heavy atom. The van der Waals surface area contributed by atoms with Crippen molar-refractivity contribution >= 4 is 21.5 Å². The normalized spacial score (nSPS) is 16.2. The highest BCUT2D eigenvalue weighted by molar-refractivity contribution is 7.92. The monoisotopic (exact) mass is 323 g/mol. The highest BCUT2D eigenvalue weighted by Crippen LogP contribution is 2.27. The molecule has 0 unspecified atom stereocenters. The number of benzene rings is 1. The Labute approximate surface area is 132 Å². The molecule has 0 saturated heterocycles. The van der Waals surface area contributed by atoms with Crippen molar-refractivity contribution in [3.63, 3.8) is 0 Å². The van der Waals surface area contributed by atoms with Gasteiger partial charge in [0.1, 0.15) is 0 Å². The van der Waals surface area contributed by atoms with Gasteiger partial charge in [-0.25, -0.2) is 8.42 Å². The molecule has 0 heterocycles. The quantitative estimate of drug-likeness (QED) is 0.656. The van der Waals surface area contributed by atoms with Crippen LogP contribution < -0.4 is 11.1 Å². The number of aryl methyl sites for hydroxylation is 1. The molecule has 1 aromatic rings. The van der Waals surface area contributed by atoms with Crippen molar-refractivity contribution in [3.05, 3.63) is 29.3 Å². The minimum absolute atomic E-state index is 0.139. The second kappa shape index (κ2) is 6.28. The first-order chi connectivity index (χ1) is 10.2. The van der Waals surface area contributed by atoms with Crippen LogP contribution in [-0.2, 0) is 22.7 Å². The lowest BCUT2D eigenvalue weighted by atomic mass is 9.90. The van der Waals surface area contributed by atoms with Crippen LogP contribution in [0.3, 0.4) is 0 Å². The van der Waals surface area contributed by atoms with Crippen molar-refractivity contribution in [1.82, 2.24) is 0 Å². The summed E-state index contributed by atoms with van der Waals surface area (Å²) in [5, 5.41) is 3.13. The molecule has 0 radical (unpaired) electrons. The SMILES string of the molecule is CC(C)(CN=C(N)Nc1cccc2c1CCCC2)S(C)(=O)=O. The number of hydrogen-bond acceptors (Lipinski definition) is 3. The maximum Gasteiger partial charge on any atom is 0.193 e. The second-order valence-corrected chi connectivity index (χ2v) is 9.16. The molecular weight excluding hydrogens is 298 g/mol. The fraction of sp³-hybridized carbons (Fsp3) is 0.562. The number of aliphatic imine (C=N–C) groups is 1. The topological polar surface area (TPSA) is 84.5 Å². The van der Waals surface area contributed by atoms with E-state index < -0.39 is 14.6 Å². The van der Waals surface area contributed by atoms with E-state index in [2.05, 4.69) is 16.4 Å². The zero-order valence-corrected chi connectivity index (χ0v) is 14.3. The first-order valence-corrected chi connectivity index (χ1v) is 9.47. The molecule has 22 heavy (non-hydrogen) atoms. The molecule has 5 nitrogen and oxygen atoms in total. The van der Waals surface area contributed by atoms with Gasteiger partial charge in [-0.2, -0.15) is 0 Å². The molecule has 0 atom stereocenters. The Morgan fingerprint density at radius 1 is 1.32 bits per heavy atom. The Morgan fingerprint density at radius 2 is 2.00 bits per heavy atom. The number of fused-ring (bicyclic) bond motifs is 1. The van der Waals surface area contributed by atoms with E-state index in [9.17, 15) is 8.42 Å². The van der Waals surface area contributed by atoms with Crippen molar-refractivity contribution in [1.29, 1.82) is 0 Å². The molecule has 3 N–H and O–H groups in total. The maximum atomic E-state index is 11.7. The van der Waals surface area contributed by atoms with E-state index >= 15 is 0 Å². The van der Waals surface area contributed by atoms with Crippen molar-refractivity contribution < 1.29 is 8.42 Å². The zero-order valence-electron chi connectivity index (χ0n) is 13.5. The number of hydrogen-bond donors (Lipinski definition) is 2. The van der Waals surface area contributed by atoms with Gasteiger partial charge in [0.05, 0.1) is 11.3 Å². The molecule has 2 rings (SSSR count). The molecule has 0 spiro atoms. The Balaban J connectivity index is 2.13. The lowest BCUT2D eigenvalue weighted by molar-refractivity contribution is 0.555. The number of rotatable bonds is 4. The van der Waals surface area contributed by atoms with Crippen LogP contribution in [0.5, 0.6) is 0 Å². The van der Waals surface area contributed by atoms with Crippen LogP contribution in [0, 0.1) is 0 Å².